The highest BCUT2D eigenvalue weighted by Crippen LogP contribution is 2.14. The third-order valence-corrected chi connectivity index (χ3v) is 4.47. The van der Waals surface area contributed by atoms with E-state index in [1.54, 1.807) is 30.8 Å². The van der Waals surface area contributed by atoms with Crippen LogP contribution < -0.4 is 10.9 Å². The van der Waals surface area contributed by atoms with Crippen molar-refractivity contribution in [3.63, 3.8) is 0 Å². The first kappa shape index (κ1) is 18.3. The Labute approximate surface area is 164 Å². The monoisotopic (exact) mass is 393 g/mol. The molecule has 0 bridgehead atoms. The van der Waals surface area contributed by atoms with Gasteiger partial charge in [0.1, 0.15) is 11.5 Å². The molecule has 4 rings (SSSR count). The van der Waals surface area contributed by atoms with Gasteiger partial charge in [0.25, 0.3) is 17.3 Å². The molecule has 0 spiro atoms. The van der Waals surface area contributed by atoms with Crippen molar-refractivity contribution in [2.45, 2.75) is 6.92 Å². The van der Waals surface area contributed by atoms with Crippen molar-refractivity contribution in [3.8, 4) is 11.4 Å². The number of halogens is 1. The summed E-state index contributed by atoms with van der Waals surface area (Å²) >= 11 is 0. The van der Waals surface area contributed by atoms with E-state index in [0.717, 1.165) is 4.80 Å². The molecule has 0 aliphatic heterocycles. The van der Waals surface area contributed by atoms with Gasteiger partial charge in [-0.2, -0.15) is 0 Å². The number of carbonyl (C=O) groups is 1. The van der Waals surface area contributed by atoms with Crippen LogP contribution in [0.1, 0.15) is 16.3 Å². The lowest BCUT2D eigenvalue weighted by Gasteiger charge is -2.07. The van der Waals surface area contributed by atoms with E-state index >= 15 is 0 Å². The van der Waals surface area contributed by atoms with Gasteiger partial charge in [-0.3, -0.25) is 14.3 Å². The zero-order valence-electron chi connectivity index (χ0n) is 15.6. The minimum absolute atomic E-state index is 0.125. The summed E-state index contributed by atoms with van der Waals surface area (Å²) in [6.07, 6.45) is 0. The van der Waals surface area contributed by atoms with Gasteiger partial charge in [0.2, 0.25) is 0 Å². The maximum atomic E-state index is 13.0. The van der Waals surface area contributed by atoms with E-state index in [1.165, 1.54) is 28.9 Å². The van der Waals surface area contributed by atoms with Crippen LogP contribution >= 0.6 is 0 Å². The predicted octanol–water partition coefficient (Wildman–Crippen LogP) is 1.85. The minimum atomic E-state index is -0.677. The second-order valence-corrected chi connectivity index (χ2v) is 6.27. The van der Waals surface area contributed by atoms with Crippen LogP contribution in [-0.4, -0.2) is 35.5 Å². The Kier molecular flexibility index (Phi) is 4.51. The fraction of sp³-hybridized carbons (Fsp3) is 0.105. The van der Waals surface area contributed by atoms with Gasteiger partial charge in [0, 0.05) is 7.05 Å². The van der Waals surface area contributed by atoms with Gasteiger partial charge in [-0.15, -0.1) is 15.0 Å². The summed E-state index contributed by atoms with van der Waals surface area (Å²) in [7, 11) is 1.72. The topological polar surface area (TPSA) is 99.6 Å². The number of hydrogen-bond acceptors (Lipinski definition) is 5. The van der Waals surface area contributed by atoms with Gasteiger partial charge in [-0.25, -0.2) is 9.07 Å². The largest absolute Gasteiger partial charge is 0.313 e. The summed E-state index contributed by atoms with van der Waals surface area (Å²) < 4.78 is 16.1. The van der Waals surface area contributed by atoms with Crippen LogP contribution in [0.4, 0.5) is 10.1 Å². The minimum Gasteiger partial charge on any atom is -0.313 e. The molecule has 0 saturated heterocycles. The molecule has 0 unspecified atom stereocenters. The number of rotatable bonds is 4. The molecule has 0 radical (unpaired) electrons. The van der Waals surface area contributed by atoms with Gasteiger partial charge in [-0.05, 0) is 48.5 Å². The van der Waals surface area contributed by atoms with Crippen LogP contribution in [0.2, 0.25) is 0 Å². The van der Waals surface area contributed by atoms with E-state index in [0.29, 0.717) is 17.1 Å². The van der Waals surface area contributed by atoms with E-state index in [2.05, 4.69) is 20.7 Å². The Bertz CT molecular complexity index is 1240. The molecule has 146 valence electrons. The quantitative estimate of drug-likeness (QED) is 0.570. The van der Waals surface area contributed by atoms with Crippen molar-refractivity contribution in [2.24, 2.45) is 7.05 Å². The standard InChI is InChI=1S/C19H16FN7O2/c1-12-16(19(29)26(25(12)2)14-6-4-3-5-7-14)21-18(28)17-22-24-27(23-17)15-10-8-13(20)9-11-15/h3-11H,1-2H3,(H,21,28). The Balaban J connectivity index is 1.63. The molecule has 10 heteroatoms. The highest BCUT2D eigenvalue weighted by atomic mass is 19.1. The highest BCUT2D eigenvalue weighted by Gasteiger charge is 2.21. The zero-order valence-corrected chi connectivity index (χ0v) is 15.6. The SMILES string of the molecule is Cc1c(NC(=O)c2nnn(-c3ccc(F)cc3)n2)c(=O)n(-c2ccccc2)n1C. The normalized spacial score (nSPS) is 10.9. The molecule has 2 aromatic carbocycles. The summed E-state index contributed by atoms with van der Waals surface area (Å²) in [4.78, 5) is 26.5. The number of nitrogens with zero attached hydrogens (tertiary/aromatic N) is 6. The van der Waals surface area contributed by atoms with Crippen LogP contribution in [-0.2, 0) is 7.05 Å². The number of amides is 1. The molecule has 29 heavy (non-hydrogen) atoms. The molecule has 1 N–H and O–H groups in total. The number of para-hydroxylation sites is 1. The molecular formula is C19H16FN7O2. The lowest BCUT2D eigenvalue weighted by atomic mass is 10.3. The molecule has 0 aliphatic carbocycles. The first-order chi connectivity index (χ1) is 14.0. The maximum Gasteiger partial charge on any atom is 0.297 e. The summed E-state index contributed by atoms with van der Waals surface area (Å²) in [5.41, 5.74) is 1.43. The molecular weight excluding hydrogens is 377 g/mol. The fourth-order valence-corrected chi connectivity index (χ4v) is 2.87. The molecule has 0 saturated carbocycles. The number of nitrogens with one attached hydrogen (secondary N) is 1. The number of carbonyl (C=O) groups excluding carboxylic acids is 1. The summed E-state index contributed by atoms with van der Waals surface area (Å²) in [5.74, 6) is -1.30. The molecule has 0 fully saturated rings. The molecule has 9 nitrogen and oxygen atoms in total. The predicted molar refractivity (Wildman–Crippen MR) is 103 cm³/mol. The van der Waals surface area contributed by atoms with Crippen molar-refractivity contribution >= 4 is 11.6 Å². The van der Waals surface area contributed by atoms with Gasteiger partial charge in [0.15, 0.2) is 0 Å². The third-order valence-electron chi connectivity index (χ3n) is 4.47. The van der Waals surface area contributed by atoms with Gasteiger partial charge in [0.05, 0.1) is 17.1 Å². The summed E-state index contributed by atoms with van der Waals surface area (Å²) in [5, 5.41) is 14.1. The van der Waals surface area contributed by atoms with E-state index in [1.807, 2.05) is 18.2 Å². The smallest absolute Gasteiger partial charge is 0.297 e. The second-order valence-electron chi connectivity index (χ2n) is 6.27. The average molecular weight is 393 g/mol. The Hall–Kier alpha value is -4.08. The van der Waals surface area contributed by atoms with E-state index in [4.69, 9.17) is 0 Å². The first-order valence-electron chi connectivity index (χ1n) is 8.67. The molecule has 2 heterocycles. The molecule has 0 aliphatic rings. The number of aromatic nitrogens is 6. The van der Waals surface area contributed by atoms with Gasteiger partial charge < -0.3 is 5.32 Å². The maximum absolute atomic E-state index is 13.0. The van der Waals surface area contributed by atoms with E-state index in [-0.39, 0.29) is 17.1 Å². The van der Waals surface area contributed by atoms with E-state index in [9.17, 15) is 14.0 Å². The van der Waals surface area contributed by atoms with Crippen molar-refractivity contribution < 1.29 is 9.18 Å². The molecule has 4 aromatic rings. The van der Waals surface area contributed by atoms with Crippen LogP contribution in [0.3, 0.4) is 0 Å². The van der Waals surface area contributed by atoms with Crippen molar-refractivity contribution in [3.05, 3.63) is 82.3 Å². The van der Waals surface area contributed by atoms with Gasteiger partial charge in [-0.1, -0.05) is 18.2 Å². The van der Waals surface area contributed by atoms with Crippen LogP contribution in [0.5, 0.6) is 0 Å². The molecule has 2 aromatic heterocycles. The molecule has 0 atom stereocenters. The van der Waals surface area contributed by atoms with Crippen LogP contribution in [0, 0.1) is 12.7 Å². The second kappa shape index (κ2) is 7.15. The number of benzene rings is 2. The number of hydrogen-bond donors (Lipinski definition) is 1. The molecule has 1 amide bonds. The highest BCUT2D eigenvalue weighted by molar-refractivity contribution is 6.01. The lowest BCUT2D eigenvalue weighted by Crippen LogP contribution is -2.23. The summed E-state index contributed by atoms with van der Waals surface area (Å²) in [6.45, 7) is 1.72. The Morgan fingerprint density at radius 3 is 2.41 bits per heavy atom. The van der Waals surface area contributed by atoms with Crippen LogP contribution in [0.15, 0.2) is 59.4 Å². The van der Waals surface area contributed by atoms with Gasteiger partial charge >= 0.3 is 0 Å². The van der Waals surface area contributed by atoms with Crippen molar-refractivity contribution in [2.75, 3.05) is 5.32 Å². The van der Waals surface area contributed by atoms with Crippen molar-refractivity contribution in [1.29, 1.82) is 0 Å². The number of anilines is 1. The van der Waals surface area contributed by atoms with E-state index < -0.39 is 11.7 Å². The zero-order chi connectivity index (χ0) is 20.5. The third kappa shape index (κ3) is 3.31. The van der Waals surface area contributed by atoms with Crippen molar-refractivity contribution in [1.82, 2.24) is 29.6 Å². The fourth-order valence-electron chi connectivity index (χ4n) is 2.87. The summed E-state index contributed by atoms with van der Waals surface area (Å²) in [6, 6.07) is 14.5. The lowest BCUT2D eigenvalue weighted by molar-refractivity contribution is 0.101. The van der Waals surface area contributed by atoms with Crippen LogP contribution in [0.25, 0.3) is 11.4 Å². The average Bonchev–Trinajstić information content (AvgIpc) is 3.29. The number of tetrazole rings is 1. The first-order valence-corrected chi connectivity index (χ1v) is 8.67. The Morgan fingerprint density at radius 1 is 1.03 bits per heavy atom. The Morgan fingerprint density at radius 2 is 1.72 bits per heavy atom.